The average molecular weight is 408 g/mol. The van der Waals surface area contributed by atoms with Crippen LogP contribution in [0.4, 0.5) is 0 Å². The van der Waals surface area contributed by atoms with Gasteiger partial charge in [0.15, 0.2) is 0 Å². The van der Waals surface area contributed by atoms with Gasteiger partial charge in [0.1, 0.15) is 5.88 Å². The minimum atomic E-state index is -3.57. The van der Waals surface area contributed by atoms with Crippen molar-refractivity contribution in [3.63, 3.8) is 0 Å². The summed E-state index contributed by atoms with van der Waals surface area (Å²) < 4.78 is 29.2. The molecule has 0 N–H and O–H groups in total. The highest BCUT2D eigenvalue weighted by atomic mass is 79.9. The first-order valence-corrected chi connectivity index (χ1v) is 10.3. The van der Waals surface area contributed by atoms with Crippen LogP contribution in [0.25, 0.3) is 0 Å². The van der Waals surface area contributed by atoms with Gasteiger partial charge in [0, 0.05) is 5.33 Å². The quantitative estimate of drug-likeness (QED) is 0.215. The van der Waals surface area contributed by atoms with E-state index in [9.17, 15) is 9.36 Å². The number of unbranched alkanes of at least 4 members (excludes halogenated alkanes) is 1. The van der Waals surface area contributed by atoms with Gasteiger partial charge in [-0.3, -0.25) is 9.36 Å². The van der Waals surface area contributed by atoms with E-state index in [4.69, 9.17) is 25.4 Å². The maximum atomic E-state index is 13.0. The van der Waals surface area contributed by atoms with Gasteiger partial charge in [-0.25, -0.2) is 0 Å². The van der Waals surface area contributed by atoms with Gasteiger partial charge in [-0.2, -0.15) is 0 Å². The van der Waals surface area contributed by atoms with Crippen LogP contribution >= 0.6 is 35.1 Å². The summed E-state index contributed by atoms with van der Waals surface area (Å²) in [6.07, 6.45) is 1.41. The molecule has 21 heavy (non-hydrogen) atoms. The Morgan fingerprint density at radius 3 is 2.05 bits per heavy atom. The molecule has 8 heteroatoms. The molecule has 0 aliphatic carbocycles. The van der Waals surface area contributed by atoms with Gasteiger partial charge >= 0.3 is 13.6 Å². The van der Waals surface area contributed by atoms with E-state index in [2.05, 4.69) is 15.9 Å². The second-order valence-electron chi connectivity index (χ2n) is 5.11. The van der Waals surface area contributed by atoms with Crippen molar-refractivity contribution in [3.05, 3.63) is 0 Å². The number of halogens is 2. The van der Waals surface area contributed by atoms with Crippen LogP contribution in [0, 0.1) is 0 Å². The molecule has 0 rings (SSSR count). The third-order valence-corrected chi connectivity index (χ3v) is 5.56. The summed E-state index contributed by atoms with van der Waals surface area (Å²) in [6, 6.07) is 0. The molecule has 0 aliphatic heterocycles. The van der Waals surface area contributed by atoms with Crippen LogP contribution in [-0.2, 0) is 23.1 Å². The molecule has 0 bridgehead atoms. The fourth-order valence-electron chi connectivity index (χ4n) is 1.63. The van der Waals surface area contributed by atoms with Crippen LogP contribution in [0.5, 0.6) is 0 Å². The predicted molar refractivity (Wildman–Crippen MR) is 88.3 cm³/mol. The van der Waals surface area contributed by atoms with E-state index in [1.54, 1.807) is 27.7 Å². The van der Waals surface area contributed by atoms with E-state index >= 15 is 0 Å². The molecular formula is C13H25BrClO5P. The fraction of sp³-hybridized carbons (Fsp3) is 0.923. The minimum absolute atomic E-state index is 0.293. The molecule has 0 unspecified atom stereocenters. The molecule has 0 radical (unpaired) electrons. The summed E-state index contributed by atoms with van der Waals surface area (Å²) in [5, 5.41) is 0.823. The largest absolute Gasteiger partial charge is 0.448 e. The second-order valence-corrected chi connectivity index (χ2v) is 8.25. The standard InChI is InChI=1S/C13H25BrClO5P/c1-10(2)19-21(17,20-11(3)4)13(7-5-6-8-14)18-12(16)9-15/h10-11,13H,5-9H2,1-4H3/t13-/m1/s1. The molecule has 126 valence electrons. The van der Waals surface area contributed by atoms with E-state index in [1.165, 1.54) is 0 Å². The van der Waals surface area contributed by atoms with Crippen molar-refractivity contribution in [2.24, 2.45) is 0 Å². The van der Waals surface area contributed by atoms with Crippen LogP contribution in [0.3, 0.4) is 0 Å². The molecule has 0 aromatic rings. The first-order chi connectivity index (χ1) is 9.75. The number of rotatable bonds is 11. The van der Waals surface area contributed by atoms with E-state index in [0.717, 1.165) is 18.2 Å². The SMILES string of the molecule is CC(C)OP(=O)(OC(C)C)[C@H](CCCCBr)OC(=O)CCl. The monoisotopic (exact) mass is 406 g/mol. The van der Waals surface area contributed by atoms with Crippen molar-refractivity contribution in [1.82, 2.24) is 0 Å². The van der Waals surface area contributed by atoms with E-state index in [1.807, 2.05) is 0 Å². The molecule has 0 saturated heterocycles. The molecule has 0 aliphatic rings. The van der Waals surface area contributed by atoms with E-state index in [0.29, 0.717) is 6.42 Å². The molecule has 0 aromatic carbocycles. The third kappa shape index (κ3) is 9.19. The zero-order valence-electron chi connectivity index (χ0n) is 13.0. The Kier molecular flexibility index (Phi) is 11.2. The van der Waals surface area contributed by atoms with Crippen LogP contribution in [0.2, 0.25) is 0 Å². The maximum Gasteiger partial charge on any atom is 0.371 e. The predicted octanol–water partition coefficient (Wildman–Crippen LogP) is 4.70. The highest BCUT2D eigenvalue weighted by molar-refractivity contribution is 9.09. The first kappa shape index (κ1) is 21.4. The van der Waals surface area contributed by atoms with Crippen molar-refractivity contribution >= 4 is 41.1 Å². The Hall–Kier alpha value is 0.390. The number of carbonyl (C=O) groups excluding carboxylic acids is 1. The lowest BCUT2D eigenvalue weighted by Gasteiger charge is -2.29. The van der Waals surface area contributed by atoms with E-state index in [-0.39, 0.29) is 18.1 Å². The Balaban J connectivity index is 5.12. The first-order valence-electron chi connectivity index (χ1n) is 7.03. The highest BCUT2D eigenvalue weighted by Crippen LogP contribution is 2.57. The third-order valence-electron chi connectivity index (χ3n) is 2.28. The van der Waals surface area contributed by atoms with Gasteiger partial charge in [-0.15, -0.1) is 11.6 Å². The molecule has 5 nitrogen and oxygen atoms in total. The molecule has 0 spiro atoms. The number of carbonyl (C=O) groups is 1. The lowest BCUT2D eigenvalue weighted by atomic mass is 10.3. The number of hydrogen-bond acceptors (Lipinski definition) is 5. The van der Waals surface area contributed by atoms with Gasteiger partial charge in [0.05, 0.1) is 12.2 Å². The normalized spacial score (nSPS) is 13.7. The molecule has 0 saturated carbocycles. The Labute approximate surface area is 140 Å². The Morgan fingerprint density at radius 2 is 1.67 bits per heavy atom. The summed E-state index contributed by atoms with van der Waals surface area (Å²) in [5.74, 6) is -1.84. The fourth-order valence-corrected chi connectivity index (χ4v) is 4.33. The summed E-state index contributed by atoms with van der Waals surface area (Å²) in [7, 11) is -3.57. The van der Waals surface area contributed by atoms with Gasteiger partial charge in [-0.05, 0) is 47.0 Å². The summed E-state index contributed by atoms with van der Waals surface area (Å²) >= 11 is 8.80. The zero-order valence-corrected chi connectivity index (χ0v) is 16.2. The molecular weight excluding hydrogens is 382 g/mol. The molecule has 0 aromatic heterocycles. The zero-order chi connectivity index (χ0) is 16.5. The molecule has 0 amide bonds. The maximum absolute atomic E-state index is 13.0. The lowest BCUT2D eigenvalue weighted by Crippen LogP contribution is -2.24. The summed E-state index contributed by atoms with van der Waals surface area (Å²) in [6.45, 7) is 7.04. The second kappa shape index (κ2) is 11.0. The van der Waals surface area contributed by atoms with Crippen LogP contribution in [-0.4, -0.2) is 35.2 Å². The van der Waals surface area contributed by atoms with Gasteiger partial charge < -0.3 is 13.8 Å². The number of esters is 1. The topological polar surface area (TPSA) is 61.8 Å². The summed E-state index contributed by atoms with van der Waals surface area (Å²) in [5.41, 5.74) is 0. The molecule has 0 heterocycles. The van der Waals surface area contributed by atoms with Gasteiger partial charge in [0.2, 0.25) is 5.85 Å². The van der Waals surface area contributed by atoms with Crippen LogP contribution < -0.4 is 0 Å². The molecule has 0 fully saturated rings. The van der Waals surface area contributed by atoms with Crippen molar-refractivity contribution in [2.75, 3.05) is 11.2 Å². The van der Waals surface area contributed by atoms with Crippen LogP contribution in [0.1, 0.15) is 47.0 Å². The summed E-state index contributed by atoms with van der Waals surface area (Å²) in [4.78, 5) is 11.5. The Morgan fingerprint density at radius 1 is 1.14 bits per heavy atom. The number of hydrogen-bond donors (Lipinski definition) is 0. The van der Waals surface area contributed by atoms with Crippen molar-refractivity contribution in [1.29, 1.82) is 0 Å². The van der Waals surface area contributed by atoms with Crippen LogP contribution in [0.15, 0.2) is 0 Å². The smallest absolute Gasteiger partial charge is 0.371 e. The minimum Gasteiger partial charge on any atom is -0.448 e. The van der Waals surface area contributed by atoms with Gasteiger partial charge in [0.25, 0.3) is 0 Å². The lowest BCUT2D eigenvalue weighted by molar-refractivity contribution is -0.143. The number of alkyl halides is 2. The molecule has 1 atom stereocenters. The highest BCUT2D eigenvalue weighted by Gasteiger charge is 2.40. The average Bonchev–Trinajstić information content (AvgIpc) is 2.35. The van der Waals surface area contributed by atoms with Crippen molar-refractivity contribution in [3.8, 4) is 0 Å². The van der Waals surface area contributed by atoms with Crippen molar-refractivity contribution in [2.45, 2.75) is 65.0 Å². The number of ether oxygens (including phenoxy) is 1. The van der Waals surface area contributed by atoms with Gasteiger partial charge in [-0.1, -0.05) is 15.9 Å². The van der Waals surface area contributed by atoms with E-state index < -0.39 is 19.4 Å². The Bertz CT molecular complexity index is 337. The van der Waals surface area contributed by atoms with Crippen molar-refractivity contribution < 1.29 is 23.1 Å².